The summed E-state index contributed by atoms with van der Waals surface area (Å²) < 4.78 is 87.0. The zero-order valence-corrected chi connectivity index (χ0v) is 13.4. The second kappa shape index (κ2) is 6.71. The van der Waals surface area contributed by atoms with Crippen molar-refractivity contribution in [2.45, 2.75) is 11.5 Å². The predicted octanol–water partition coefficient (Wildman–Crippen LogP) is 3.35. The van der Waals surface area contributed by atoms with Crippen molar-refractivity contribution in [1.29, 1.82) is 0 Å². The number of alkyl halides is 2. The van der Waals surface area contributed by atoms with Gasteiger partial charge in [-0.15, -0.1) is 0 Å². The minimum Gasteiger partial charge on any atom is -0.443 e. The number of ether oxygens (including phenoxy) is 1. The van der Waals surface area contributed by atoms with Crippen LogP contribution in [0.3, 0.4) is 0 Å². The summed E-state index contributed by atoms with van der Waals surface area (Å²) in [7, 11) is -4.31. The van der Waals surface area contributed by atoms with Crippen LogP contribution in [0.4, 0.5) is 23.2 Å². The number of aromatic nitrogens is 2. The molecule has 0 bridgehead atoms. The Bertz CT molecular complexity index is 1020. The lowest BCUT2D eigenvalue weighted by Crippen LogP contribution is -2.14. The number of hydrogen-bond acceptors (Lipinski definition) is 5. The number of anilines is 1. The third-order valence-electron chi connectivity index (χ3n) is 3.11. The Hall–Kier alpha value is -3.02. The number of sulfonamides is 1. The van der Waals surface area contributed by atoms with Gasteiger partial charge < -0.3 is 14.1 Å². The third-order valence-corrected chi connectivity index (χ3v) is 4.46. The van der Waals surface area contributed by atoms with Crippen LogP contribution < -0.4 is 9.46 Å². The van der Waals surface area contributed by atoms with Crippen LogP contribution in [-0.2, 0) is 10.0 Å². The van der Waals surface area contributed by atoms with Crippen LogP contribution in [0.15, 0.2) is 46.2 Å². The largest absolute Gasteiger partial charge is 0.443 e. The SMILES string of the molecule is O=S(=O)(Nc1cc(F)c(OC(F)F)cc1F)c1c[nH]c(-c2ncco2)c1. The van der Waals surface area contributed by atoms with Gasteiger partial charge >= 0.3 is 6.61 Å². The molecule has 0 unspecified atom stereocenters. The number of oxazole rings is 1. The monoisotopic (exact) mass is 391 g/mol. The van der Waals surface area contributed by atoms with Gasteiger partial charge in [-0.1, -0.05) is 0 Å². The van der Waals surface area contributed by atoms with Crippen molar-refractivity contribution < 1.29 is 35.1 Å². The lowest BCUT2D eigenvalue weighted by atomic mass is 10.3. The smallest absolute Gasteiger partial charge is 0.387 e. The van der Waals surface area contributed by atoms with Crippen molar-refractivity contribution in [3.63, 3.8) is 0 Å². The fraction of sp³-hybridized carbons (Fsp3) is 0.0714. The van der Waals surface area contributed by atoms with Gasteiger partial charge in [0.25, 0.3) is 10.0 Å². The molecule has 0 aliphatic rings. The highest BCUT2D eigenvalue weighted by molar-refractivity contribution is 7.92. The van der Waals surface area contributed by atoms with Gasteiger partial charge in [-0.05, 0) is 6.07 Å². The van der Waals surface area contributed by atoms with Gasteiger partial charge in [0.05, 0.1) is 11.9 Å². The summed E-state index contributed by atoms with van der Waals surface area (Å²) in [6.07, 6.45) is 3.72. The van der Waals surface area contributed by atoms with Gasteiger partial charge in [0, 0.05) is 18.3 Å². The molecule has 2 heterocycles. The molecule has 0 aliphatic heterocycles. The maximum atomic E-state index is 13.9. The molecule has 3 aromatic rings. The topological polar surface area (TPSA) is 97.2 Å². The Morgan fingerprint density at radius 1 is 1.19 bits per heavy atom. The summed E-state index contributed by atoms with van der Waals surface area (Å²) in [5.41, 5.74) is -0.536. The number of benzene rings is 1. The molecule has 0 spiro atoms. The second-order valence-corrected chi connectivity index (χ2v) is 6.52. The standard InChI is InChI=1S/C14H9F4N3O4S/c15-8-5-12(25-14(17)18)9(16)4-10(8)21-26(22,23)7-3-11(20-6-7)13-19-1-2-24-13/h1-6,14,20-21H. The Morgan fingerprint density at radius 3 is 2.62 bits per heavy atom. The van der Waals surface area contributed by atoms with Gasteiger partial charge in [0.1, 0.15) is 16.9 Å². The van der Waals surface area contributed by atoms with Gasteiger partial charge in [-0.3, -0.25) is 4.72 Å². The molecule has 0 aliphatic carbocycles. The van der Waals surface area contributed by atoms with E-state index in [1.165, 1.54) is 12.5 Å². The van der Waals surface area contributed by atoms with Crippen LogP contribution in [0.25, 0.3) is 11.6 Å². The molecule has 1 aromatic carbocycles. The molecular weight excluding hydrogens is 382 g/mol. The molecule has 0 radical (unpaired) electrons. The van der Waals surface area contributed by atoms with Crippen LogP contribution in [0.5, 0.6) is 5.75 Å². The average Bonchev–Trinajstić information content (AvgIpc) is 3.22. The highest BCUT2D eigenvalue weighted by Crippen LogP contribution is 2.28. The number of hydrogen-bond donors (Lipinski definition) is 2. The zero-order chi connectivity index (χ0) is 18.9. The van der Waals surface area contributed by atoms with E-state index in [9.17, 15) is 26.0 Å². The number of nitrogens with one attached hydrogen (secondary N) is 2. The van der Waals surface area contributed by atoms with E-state index in [1.54, 1.807) is 0 Å². The summed E-state index contributed by atoms with van der Waals surface area (Å²) in [5, 5.41) is 0. The molecule has 26 heavy (non-hydrogen) atoms. The summed E-state index contributed by atoms with van der Waals surface area (Å²) >= 11 is 0. The highest BCUT2D eigenvalue weighted by Gasteiger charge is 2.22. The predicted molar refractivity (Wildman–Crippen MR) is 80.1 cm³/mol. The summed E-state index contributed by atoms with van der Waals surface area (Å²) in [5.74, 6) is -3.58. The highest BCUT2D eigenvalue weighted by atomic mass is 32.2. The second-order valence-electron chi connectivity index (χ2n) is 4.83. The molecular formula is C14H9F4N3O4S. The van der Waals surface area contributed by atoms with Gasteiger partial charge in [0.2, 0.25) is 5.89 Å². The first-order valence-corrected chi connectivity index (χ1v) is 8.29. The summed E-state index contributed by atoms with van der Waals surface area (Å²) in [4.78, 5) is 6.13. The van der Waals surface area contributed by atoms with E-state index in [0.29, 0.717) is 12.1 Å². The molecule has 0 saturated carbocycles. The average molecular weight is 391 g/mol. The van der Waals surface area contributed by atoms with E-state index < -0.39 is 39.7 Å². The molecule has 2 N–H and O–H groups in total. The van der Waals surface area contributed by atoms with Crippen molar-refractivity contribution in [2.75, 3.05) is 4.72 Å². The van der Waals surface area contributed by atoms with Crippen LogP contribution in [-0.4, -0.2) is 25.0 Å². The van der Waals surface area contributed by atoms with Gasteiger partial charge in [-0.2, -0.15) is 8.78 Å². The Balaban J connectivity index is 1.87. The maximum Gasteiger partial charge on any atom is 0.387 e. The molecule has 138 valence electrons. The fourth-order valence-corrected chi connectivity index (χ4v) is 3.06. The molecule has 3 rings (SSSR count). The van der Waals surface area contributed by atoms with Crippen LogP contribution >= 0.6 is 0 Å². The normalized spacial score (nSPS) is 11.7. The van der Waals surface area contributed by atoms with Crippen molar-refractivity contribution in [3.8, 4) is 17.3 Å². The Kier molecular flexibility index (Phi) is 4.59. The first kappa shape index (κ1) is 17.8. The lowest BCUT2D eigenvalue weighted by molar-refractivity contribution is -0.0523. The number of H-pyrrole nitrogens is 1. The molecule has 0 saturated heterocycles. The third kappa shape index (κ3) is 3.64. The minimum atomic E-state index is -4.31. The molecule has 0 fully saturated rings. The van der Waals surface area contributed by atoms with Crippen LogP contribution in [0.1, 0.15) is 0 Å². The van der Waals surface area contributed by atoms with Crippen molar-refractivity contribution in [3.05, 3.63) is 48.5 Å². The fourth-order valence-electron chi connectivity index (χ4n) is 2.01. The van der Waals surface area contributed by atoms with Crippen molar-refractivity contribution in [2.24, 2.45) is 0 Å². The van der Waals surface area contributed by atoms with E-state index in [1.807, 2.05) is 4.72 Å². The summed E-state index contributed by atoms with van der Waals surface area (Å²) in [6.45, 7) is -3.36. The number of rotatable bonds is 6. The maximum absolute atomic E-state index is 13.9. The molecule has 0 atom stereocenters. The summed E-state index contributed by atoms with van der Waals surface area (Å²) in [6, 6.07) is 1.87. The molecule has 12 heteroatoms. The first-order chi connectivity index (χ1) is 12.3. The van der Waals surface area contributed by atoms with Crippen molar-refractivity contribution in [1.82, 2.24) is 9.97 Å². The first-order valence-electron chi connectivity index (χ1n) is 6.81. The lowest BCUT2D eigenvalue weighted by Gasteiger charge is -2.10. The zero-order valence-electron chi connectivity index (χ0n) is 12.5. The Morgan fingerprint density at radius 2 is 1.96 bits per heavy atom. The van der Waals surface area contributed by atoms with Crippen molar-refractivity contribution >= 4 is 15.7 Å². The molecule has 0 amide bonds. The molecule has 2 aromatic heterocycles. The van der Waals surface area contributed by atoms with E-state index in [-0.39, 0.29) is 16.5 Å². The number of halogens is 4. The van der Waals surface area contributed by atoms with Gasteiger partial charge in [0.15, 0.2) is 17.4 Å². The van der Waals surface area contributed by atoms with E-state index in [0.717, 1.165) is 12.3 Å². The number of nitrogens with zero attached hydrogens (tertiary/aromatic N) is 1. The van der Waals surface area contributed by atoms with E-state index in [4.69, 9.17) is 4.42 Å². The van der Waals surface area contributed by atoms with E-state index in [2.05, 4.69) is 14.7 Å². The minimum absolute atomic E-state index is 0.122. The molecule has 7 nitrogen and oxygen atoms in total. The van der Waals surface area contributed by atoms with Crippen LogP contribution in [0, 0.1) is 11.6 Å². The quantitative estimate of drug-likeness (QED) is 0.628. The van der Waals surface area contributed by atoms with E-state index >= 15 is 0 Å². The van der Waals surface area contributed by atoms with Crippen LogP contribution in [0.2, 0.25) is 0 Å². The Labute approximate surface area is 143 Å². The van der Waals surface area contributed by atoms with Gasteiger partial charge in [-0.25, -0.2) is 22.2 Å². The number of aromatic amines is 1.